The fourth-order valence-corrected chi connectivity index (χ4v) is 3.84. The van der Waals surface area contributed by atoms with Crippen LogP contribution >= 0.6 is 0 Å². The van der Waals surface area contributed by atoms with Gasteiger partial charge in [0.1, 0.15) is 11.5 Å². The Morgan fingerprint density at radius 3 is 2.30 bits per heavy atom. The summed E-state index contributed by atoms with van der Waals surface area (Å²) in [6, 6.07) is 5.57. The number of hydrogen-bond donors (Lipinski definition) is 0. The lowest BCUT2D eigenvalue weighted by Gasteiger charge is -2.31. The van der Waals surface area contributed by atoms with Gasteiger partial charge in [-0.15, -0.1) is 0 Å². The molecule has 2 rings (SSSR count). The summed E-state index contributed by atoms with van der Waals surface area (Å²) in [5, 5.41) is 0. The average Bonchev–Trinajstić information content (AvgIpc) is 3.10. The van der Waals surface area contributed by atoms with Crippen LogP contribution in [0.15, 0.2) is 23.8 Å². The maximum Gasteiger partial charge on any atom is 0.334 e. The first kappa shape index (κ1) is 21.3. The van der Waals surface area contributed by atoms with E-state index in [0.717, 1.165) is 30.4 Å². The van der Waals surface area contributed by atoms with Gasteiger partial charge in [0, 0.05) is 25.4 Å². The quantitative estimate of drug-likeness (QED) is 0.450. The molecule has 27 heavy (non-hydrogen) atoms. The van der Waals surface area contributed by atoms with Gasteiger partial charge in [0.25, 0.3) is 0 Å². The van der Waals surface area contributed by atoms with E-state index < -0.39 is 0 Å². The summed E-state index contributed by atoms with van der Waals surface area (Å²) >= 11 is 0. The van der Waals surface area contributed by atoms with E-state index in [1.165, 1.54) is 7.11 Å². The van der Waals surface area contributed by atoms with Gasteiger partial charge in [-0.25, -0.2) is 4.79 Å². The van der Waals surface area contributed by atoms with Gasteiger partial charge in [0.05, 0.1) is 7.11 Å². The average molecular weight is 378 g/mol. The Kier molecular flexibility index (Phi) is 7.68. The van der Waals surface area contributed by atoms with E-state index in [0.29, 0.717) is 23.5 Å². The van der Waals surface area contributed by atoms with Crippen LogP contribution in [0.25, 0.3) is 5.57 Å². The molecule has 1 aliphatic rings. The Labute approximate surface area is 161 Å². The smallest absolute Gasteiger partial charge is 0.334 e. The fourth-order valence-electron chi connectivity index (χ4n) is 3.84. The van der Waals surface area contributed by atoms with Crippen LogP contribution in [0, 0.1) is 5.41 Å². The van der Waals surface area contributed by atoms with Crippen molar-refractivity contribution in [2.75, 3.05) is 34.9 Å². The minimum Gasteiger partial charge on any atom is -0.468 e. The maximum atomic E-state index is 12.5. The topological polar surface area (TPSA) is 63.2 Å². The Morgan fingerprint density at radius 1 is 1.04 bits per heavy atom. The molecule has 0 spiro atoms. The highest BCUT2D eigenvalue weighted by Gasteiger charge is 2.42. The van der Waals surface area contributed by atoms with Crippen molar-refractivity contribution in [2.45, 2.75) is 39.5 Å². The van der Waals surface area contributed by atoms with Crippen LogP contribution in [0.3, 0.4) is 0 Å². The minimum absolute atomic E-state index is 0.103. The van der Waals surface area contributed by atoms with Gasteiger partial charge in [-0.3, -0.25) is 0 Å². The van der Waals surface area contributed by atoms with Gasteiger partial charge >= 0.3 is 5.97 Å². The lowest BCUT2D eigenvalue weighted by molar-refractivity contribution is -0.136. The highest BCUT2D eigenvalue weighted by atomic mass is 16.7. The van der Waals surface area contributed by atoms with Gasteiger partial charge in [0.15, 0.2) is 13.6 Å². The summed E-state index contributed by atoms with van der Waals surface area (Å²) in [5.74, 6) is 1.03. The third kappa shape index (κ3) is 4.45. The molecular formula is C21H30O6. The molecule has 0 N–H and O–H groups in total. The number of carbonyl (C=O) groups excluding carboxylic acids is 1. The number of methoxy groups -OCH3 is 3. The fraction of sp³-hybridized carbons (Fsp3) is 0.571. The largest absolute Gasteiger partial charge is 0.468 e. The second kappa shape index (κ2) is 9.76. The third-order valence-corrected chi connectivity index (χ3v) is 5.37. The number of esters is 1. The second-order valence-corrected chi connectivity index (χ2v) is 6.59. The number of rotatable bonds is 10. The van der Waals surface area contributed by atoms with Crippen LogP contribution in [-0.2, 0) is 19.0 Å². The molecule has 150 valence electrons. The number of ether oxygens (including phenoxy) is 5. The van der Waals surface area contributed by atoms with E-state index in [1.54, 1.807) is 14.2 Å². The molecule has 0 unspecified atom stereocenters. The zero-order valence-electron chi connectivity index (χ0n) is 16.9. The predicted molar refractivity (Wildman–Crippen MR) is 103 cm³/mol. The van der Waals surface area contributed by atoms with Gasteiger partial charge < -0.3 is 23.7 Å². The van der Waals surface area contributed by atoms with E-state index in [9.17, 15) is 4.79 Å². The van der Waals surface area contributed by atoms with Crippen LogP contribution in [0.4, 0.5) is 0 Å². The summed E-state index contributed by atoms with van der Waals surface area (Å²) in [6.45, 7) is 4.58. The summed E-state index contributed by atoms with van der Waals surface area (Å²) in [7, 11) is 4.57. The van der Waals surface area contributed by atoms with Crippen molar-refractivity contribution in [2.24, 2.45) is 5.41 Å². The van der Waals surface area contributed by atoms with Gasteiger partial charge in [-0.2, -0.15) is 0 Å². The minimum atomic E-state index is -0.283. The normalized spacial score (nSPS) is 15.7. The van der Waals surface area contributed by atoms with E-state index in [2.05, 4.69) is 13.8 Å². The molecule has 0 heterocycles. The van der Waals surface area contributed by atoms with Gasteiger partial charge in [-0.05, 0) is 54.9 Å². The molecule has 1 aromatic carbocycles. The van der Waals surface area contributed by atoms with Crippen LogP contribution < -0.4 is 9.47 Å². The molecule has 0 saturated heterocycles. The molecule has 1 aromatic rings. The van der Waals surface area contributed by atoms with Crippen LogP contribution in [0.1, 0.15) is 45.1 Å². The van der Waals surface area contributed by atoms with Crippen molar-refractivity contribution in [3.63, 3.8) is 0 Å². The molecule has 0 atom stereocenters. The number of allylic oxidation sites excluding steroid dienone is 1. The molecule has 0 aromatic heterocycles. The van der Waals surface area contributed by atoms with E-state index in [4.69, 9.17) is 23.7 Å². The molecule has 0 bridgehead atoms. The van der Waals surface area contributed by atoms with E-state index in [1.807, 2.05) is 18.2 Å². The van der Waals surface area contributed by atoms with Gasteiger partial charge in [0.2, 0.25) is 0 Å². The summed E-state index contributed by atoms with van der Waals surface area (Å²) < 4.78 is 26.6. The molecule has 0 aliphatic heterocycles. The monoisotopic (exact) mass is 378 g/mol. The molecule has 0 amide bonds. The second-order valence-electron chi connectivity index (χ2n) is 6.59. The summed E-state index contributed by atoms with van der Waals surface area (Å²) in [4.78, 5) is 12.5. The van der Waals surface area contributed by atoms with Crippen molar-refractivity contribution in [3.8, 4) is 11.5 Å². The maximum absolute atomic E-state index is 12.5. The molecule has 0 saturated carbocycles. The molecule has 6 heteroatoms. The van der Waals surface area contributed by atoms with Crippen molar-refractivity contribution < 1.29 is 28.5 Å². The highest BCUT2D eigenvalue weighted by molar-refractivity contribution is 6.01. The summed E-state index contributed by atoms with van der Waals surface area (Å²) in [6.07, 6.45) is 3.45. The first-order chi connectivity index (χ1) is 13.1. The Bertz CT molecular complexity index is 675. The van der Waals surface area contributed by atoms with Gasteiger partial charge in [-0.1, -0.05) is 13.8 Å². The standard InChI is InChI=1S/C21H30O6/c1-6-21(7-2)11-10-16(20(22)25-5)19(21)17-12-15(26-13-23-3)8-9-18(17)27-14-24-4/h8-9,12H,6-7,10-11,13-14H2,1-5H3. The Hall–Kier alpha value is -2.05. The summed E-state index contributed by atoms with van der Waals surface area (Å²) in [5.41, 5.74) is 2.46. The van der Waals surface area contributed by atoms with Crippen molar-refractivity contribution >= 4 is 11.5 Å². The molecule has 1 aliphatic carbocycles. The lowest BCUT2D eigenvalue weighted by Crippen LogP contribution is -2.19. The zero-order valence-corrected chi connectivity index (χ0v) is 16.9. The molecule has 0 radical (unpaired) electrons. The first-order valence-electron chi connectivity index (χ1n) is 9.26. The molecule has 6 nitrogen and oxygen atoms in total. The zero-order chi connectivity index (χ0) is 19.9. The number of carbonyl (C=O) groups is 1. The molecule has 0 fully saturated rings. The van der Waals surface area contributed by atoms with Crippen LogP contribution in [0.2, 0.25) is 0 Å². The first-order valence-corrected chi connectivity index (χ1v) is 9.26. The van der Waals surface area contributed by atoms with E-state index in [-0.39, 0.29) is 25.0 Å². The molecular weight excluding hydrogens is 348 g/mol. The highest BCUT2D eigenvalue weighted by Crippen LogP contribution is 2.55. The van der Waals surface area contributed by atoms with Crippen LogP contribution in [-0.4, -0.2) is 40.9 Å². The third-order valence-electron chi connectivity index (χ3n) is 5.37. The van der Waals surface area contributed by atoms with Crippen molar-refractivity contribution in [1.82, 2.24) is 0 Å². The lowest BCUT2D eigenvalue weighted by atomic mass is 9.73. The van der Waals surface area contributed by atoms with Crippen molar-refractivity contribution in [3.05, 3.63) is 29.3 Å². The Morgan fingerprint density at radius 2 is 1.70 bits per heavy atom. The van der Waals surface area contributed by atoms with Crippen LogP contribution in [0.5, 0.6) is 11.5 Å². The number of hydrogen-bond acceptors (Lipinski definition) is 6. The predicted octanol–water partition coefficient (Wildman–Crippen LogP) is 4.18. The number of benzene rings is 1. The van der Waals surface area contributed by atoms with Crippen molar-refractivity contribution in [1.29, 1.82) is 0 Å². The Balaban J connectivity index is 2.64. The SMILES string of the molecule is CCC1(CC)CCC(C(=O)OC)=C1c1cc(OCOC)ccc1OCOC. The van der Waals surface area contributed by atoms with E-state index >= 15 is 0 Å².